The number of aromatic nitrogens is 1. The zero-order valence-electron chi connectivity index (χ0n) is 17.9. The highest BCUT2D eigenvalue weighted by Gasteiger charge is 2.27. The van der Waals surface area contributed by atoms with Crippen LogP contribution in [0.15, 0.2) is 30.3 Å². The number of nitrogen functional groups attached to an aromatic ring is 1. The molecule has 0 bridgehead atoms. The predicted molar refractivity (Wildman–Crippen MR) is 128 cm³/mol. The fourth-order valence-electron chi connectivity index (χ4n) is 4.32. The molecule has 162 valence electrons. The number of amides is 1. The van der Waals surface area contributed by atoms with Gasteiger partial charge in [-0.15, -0.1) is 11.3 Å². The number of hydrogen-bond donors (Lipinski definition) is 3. The number of hydrogen-bond acceptors (Lipinski definition) is 6. The average Bonchev–Trinajstić information content (AvgIpc) is 3.58. The molecule has 3 heterocycles. The summed E-state index contributed by atoms with van der Waals surface area (Å²) in [5.74, 6) is 0.509. The van der Waals surface area contributed by atoms with Gasteiger partial charge in [0, 0.05) is 49.5 Å². The molecular weight excluding hydrogens is 406 g/mol. The van der Waals surface area contributed by atoms with Crippen molar-refractivity contribution in [3.8, 4) is 0 Å². The lowest BCUT2D eigenvalue weighted by molar-refractivity contribution is 0.0959. The minimum absolute atomic E-state index is 0.108. The van der Waals surface area contributed by atoms with Crippen LogP contribution in [0, 0.1) is 6.92 Å². The molecule has 0 atom stereocenters. The Morgan fingerprint density at radius 1 is 1.26 bits per heavy atom. The van der Waals surface area contributed by atoms with Gasteiger partial charge in [-0.05, 0) is 61.4 Å². The van der Waals surface area contributed by atoms with Crippen LogP contribution < -0.4 is 21.3 Å². The van der Waals surface area contributed by atoms with Gasteiger partial charge in [0.1, 0.15) is 9.71 Å². The zero-order chi connectivity index (χ0) is 21.4. The fourth-order valence-corrected chi connectivity index (χ4v) is 5.36. The lowest BCUT2D eigenvalue weighted by Crippen LogP contribution is -2.43. The number of rotatable bonds is 6. The van der Waals surface area contributed by atoms with Crippen LogP contribution in [-0.2, 0) is 6.42 Å². The third-order valence-electron chi connectivity index (χ3n) is 6.29. The molecule has 1 aliphatic heterocycles. The van der Waals surface area contributed by atoms with Crippen molar-refractivity contribution in [3.05, 3.63) is 52.0 Å². The van der Waals surface area contributed by atoms with Crippen LogP contribution in [0.25, 0.3) is 10.2 Å². The molecule has 31 heavy (non-hydrogen) atoms. The number of fused-ring (bicyclic) bond motifs is 1. The van der Waals surface area contributed by atoms with E-state index < -0.39 is 0 Å². The smallest absolute Gasteiger partial charge is 0.263 e. The van der Waals surface area contributed by atoms with Gasteiger partial charge in [0.2, 0.25) is 0 Å². The summed E-state index contributed by atoms with van der Waals surface area (Å²) in [5.41, 5.74) is 11.7. The van der Waals surface area contributed by atoms with Crippen LogP contribution in [0.4, 0.5) is 11.4 Å². The maximum absolute atomic E-state index is 12.8. The molecule has 1 amide bonds. The van der Waals surface area contributed by atoms with Crippen molar-refractivity contribution in [1.29, 1.82) is 0 Å². The monoisotopic (exact) mass is 435 g/mol. The molecule has 2 aliphatic rings. The van der Waals surface area contributed by atoms with Gasteiger partial charge in [-0.25, -0.2) is 4.98 Å². The summed E-state index contributed by atoms with van der Waals surface area (Å²) < 4.78 is 0. The number of aryl methyl sites for hydroxylation is 1. The van der Waals surface area contributed by atoms with Gasteiger partial charge in [0.15, 0.2) is 0 Å². The van der Waals surface area contributed by atoms with E-state index in [1.54, 1.807) is 0 Å². The molecule has 3 aromatic rings. The maximum atomic E-state index is 12.8. The van der Waals surface area contributed by atoms with Crippen LogP contribution >= 0.6 is 11.3 Å². The van der Waals surface area contributed by atoms with Crippen molar-refractivity contribution in [3.63, 3.8) is 0 Å². The number of pyridine rings is 1. The first-order valence-electron chi connectivity index (χ1n) is 11.1. The first-order chi connectivity index (χ1) is 15.1. The summed E-state index contributed by atoms with van der Waals surface area (Å²) in [6.07, 6.45) is 3.24. The Bertz CT molecular complexity index is 1100. The van der Waals surface area contributed by atoms with Gasteiger partial charge in [-0.3, -0.25) is 4.79 Å². The third kappa shape index (κ3) is 4.25. The number of carbonyl (C=O) groups excluding carboxylic acids is 1. The van der Waals surface area contributed by atoms with Crippen LogP contribution in [-0.4, -0.2) is 43.6 Å². The van der Waals surface area contributed by atoms with Gasteiger partial charge in [0.25, 0.3) is 5.91 Å². The van der Waals surface area contributed by atoms with Crippen molar-refractivity contribution in [1.82, 2.24) is 15.6 Å². The molecule has 2 aromatic heterocycles. The number of piperazine rings is 1. The quantitative estimate of drug-likeness (QED) is 0.552. The summed E-state index contributed by atoms with van der Waals surface area (Å²) in [7, 11) is 0. The molecule has 1 saturated carbocycles. The summed E-state index contributed by atoms with van der Waals surface area (Å²) in [4.78, 5) is 21.3. The number of nitrogens with two attached hydrogens (primary N) is 1. The van der Waals surface area contributed by atoms with Crippen molar-refractivity contribution in [2.45, 2.75) is 32.1 Å². The first kappa shape index (κ1) is 20.3. The van der Waals surface area contributed by atoms with Gasteiger partial charge in [0.05, 0.1) is 5.69 Å². The number of carbonyl (C=O) groups is 1. The number of benzene rings is 1. The predicted octanol–water partition coefficient (Wildman–Crippen LogP) is 3.45. The molecule has 2 fully saturated rings. The number of nitrogens with one attached hydrogen (secondary N) is 2. The van der Waals surface area contributed by atoms with Crippen molar-refractivity contribution >= 4 is 38.8 Å². The van der Waals surface area contributed by atoms with E-state index in [-0.39, 0.29) is 5.91 Å². The molecule has 0 unspecified atom stereocenters. The normalized spacial score (nSPS) is 16.6. The van der Waals surface area contributed by atoms with E-state index >= 15 is 0 Å². The van der Waals surface area contributed by atoms with Gasteiger partial charge < -0.3 is 21.3 Å². The average molecular weight is 436 g/mol. The lowest BCUT2D eigenvalue weighted by Gasteiger charge is -2.29. The first-order valence-corrected chi connectivity index (χ1v) is 11.9. The lowest BCUT2D eigenvalue weighted by atomic mass is 10.1. The standard InChI is InChI=1S/C24H29N5OS/c1-15-19(17-4-5-17)14-20-21(25)22(31-24(20)28-15)23(30)27-9-8-16-2-6-18(7-3-16)29-12-10-26-11-13-29/h2-3,6-7,14,17,26H,4-5,8-13,25H2,1H3,(H,27,30). The van der Waals surface area contributed by atoms with Crippen LogP contribution in [0.2, 0.25) is 0 Å². The molecule has 0 radical (unpaired) electrons. The molecular formula is C24H29N5OS. The topological polar surface area (TPSA) is 83.3 Å². The van der Waals surface area contributed by atoms with E-state index in [4.69, 9.17) is 10.7 Å². The van der Waals surface area contributed by atoms with E-state index in [0.29, 0.717) is 23.0 Å². The molecule has 1 aromatic carbocycles. The largest absolute Gasteiger partial charge is 0.397 e. The Balaban J connectivity index is 1.21. The molecule has 0 spiro atoms. The Labute approximate surface area is 186 Å². The third-order valence-corrected chi connectivity index (χ3v) is 7.41. The molecule has 5 rings (SSSR count). The molecule has 1 saturated heterocycles. The van der Waals surface area contributed by atoms with E-state index in [2.05, 4.69) is 52.8 Å². The highest BCUT2D eigenvalue weighted by atomic mass is 32.1. The van der Waals surface area contributed by atoms with E-state index in [0.717, 1.165) is 48.5 Å². The van der Waals surface area contributed by atoms with Gasteiger partial charge in [-0.1, -0.05) is 12.1 Å². The van der Waals surface area contributed by atoms with Crippen molar-refractivity contribution < 1.29 is 4.79 Å². The van der Waals surface area contributed by atoms with Crippen molar-refractivity contribution in [2.75, 3.05) is 43.4 Å². The van der Waals surface area contributed by atoms with E-state index in [9.17, 15) is 4.79 Å². The number of nitrogens with zero attached hydrogens (tertiary/aromatic N) is 2. The fraction of sp³-hybridized carbons (Fsp3) is 0.417. The summed E-state index contributed by atoms with van der Waals surface area (Å²) in [6, 6.07) is 10.8. The Morgan fingerprint density at radius 3 is 2.71 bits per heavy atom. The van der Waals surface area contributed by atoms with Gasteiger partial charge in [-0.2, -0.15) is 0 Å². The highest BCUT2D eigenvalue weighted by molar-refractivity contribution is 7.21. The van der Waals surface area contributed by atoms with Crippen LogP contribution in [0.5, 0.6) is 0 Å². The summed E-state index contributed by atoms with van der Waals surface area (Å²) in [5, 5.41) is 7.34. The molecule has 7 heteroatoms. The van der Waals surface area contributed by atoms with E-state index in [1.807, 2.05) is 0 Å². The number of anilines is 2. The van der Waals surface area contributed by atoms with Crippen molar-refractivity contribution in [2.24, 2.45) is 0 Å². The summed E-state index contributed by atoms with van der Waals surface area (Å²) in [6.45, 7) is 6.79. The molecule has 6 nitrogen and oxygen atoms in total. The summed E-state index contributed by atoms with van der Waals surface area (Å²) >= 11 is 1.39. The Kier molecular flexibility index (Phi) is 5.54. The second-order valence-electron chi connectivity index (χ2n) is 8.54. The minimum atomic E-state index is -0.108. The molecule has 1 aliphatic carbocycles. The zero-order valence-corrected chi connectivity index (χ0v) is 18.7. The Hall–Kier alpha value is -2.64. The molecule has 4 N–H and O–H groups in total. The second kappa shape index (κ2) is 8.48. The van der Waals surface area contributed by atoms with Crippen LogP contribution in [0.1, 0.15) is 45.3 Å². The minimum Gasteiger partial charge on any atom is -0.397 e. The van der Waals surface area contributed by atoms with Gasteiger partial charge >= 0.3 is 0 Å². The number of thiophene rings is 1. The van der Waals surface area contributed by atoms with E-state index in [1.165, 1.54) is 41.0 Å². The SMILES string of the molecule is Cc1nc2sc(C(=O)NCCc3ccc(N4CCNCC4)cc3)c(N)c2cc1C1CC1. The maximum Gasteiger partial charge on any atom is 0.263 e. The van der Waals surface area contributed by atoms with Crippen LogP contribution in [0.3, 0.4) is 0 Å². The second-order valence-corrected chi connectivity index (χ2v) is 9.54. The highest BCUT2D eigenvalue weighted by Crippen LogP contribution is 2.44. The Morgan fingerprint density at radius 2 is 2.00 bits per heavy atom.